The number of hydrogen-bond donors (Lipinski definition) is 1. The van der Waals surface area contributed by atoms with Crippen molar-refractivity contribution in [1.29, 1.82) is 0 Å². The van der Waals surface area contributed by atoms with Gasteiger partial charge in [0.25, 0.3) is 0 Å². The number of carbonyl (C=O) groups excluding carboxylic acids is 1. The van der Waals surface area contributed by atoms with Gasteiger partial charge in [0.15, 0.2) is 0 Å². The number of benzene rings is 1. The normalized spacial score (nSPS) is 17.5. The Kier molecular flexibility index (Phi) is 6.86. The van der Waals surface area contributed by atoms with E-state index in [1.165, 1.54) is 4.88 Å². The molecule has 0 spiro atoms. The van der Waals surface area contributed by atoms with Gasteiger partial charge in [-0.1, -0.05) is 30.3 Å². The van der Waals surface area contributed by atoms with Crippen molar-refractivity contribution in [2.24, 2.45) is 0 Å². The number of nitrogens with zero attached hydrogens (tertiary/aromatic N) is 1. The zero-order valence-corrected chi connectivity index (χ0v) is 16.2. The highest BCUT2D eigenvalue weighted by Crippen LogP contribution is 2.22. The molecule has 0 saturated carbocycles. The summed E-state index contributed by atoms with van der Waals surface area (Å²) in [6, 6.07) is 11.8. The summed E-state index contributed by atoms with van der Waals surface area (Å²) >= 11 is 5.24. The molecule has 1 aromatic heterocycles. The van der Waals surface area contributed by atoms with Crippen molar-refractivity contribution in [3.8, 4) is 0 Å². The van der Waals surface area contributed by atoms with Gasteiger partial charge in [0.05, 0.1) is 19.3 Å². The van der Waals surface area contributed by atoms with Crippen molar-refractivity contribution in [2.75, 3.05) is 26.2 Å². The Bertz CT molecular complexity index is 680. The Labute approximate surface area is 160 Å². The van der Waals surface area contributed by atoms with Crippen LogP contribution < -0.4 is 5.32 Å². The average Bonchev–Trinajstić information content (AvgIpc) is 3.06. The van der Waals surface area contributed by atoms with Gasteiger partial charge in [-0.2, -0.15) is 0 Å². The summed E-state index contributed by atoms with van der Waals surface area (Å²) in [5.74, 6) is 0. The van der Waals surface area contributed by atoms with E-state index in [9.17, 15) is 4.79 Å². The predicted octanol–water partition coefficient (Wildman–Crippen LogP) is 3.64. The van der Waals surface area contributed by atoms with Gasteiger partial charge < -0.3 is 19.7 Å². The number of ether oxygens (including phenoxy) is 2. The fourth-order valence-corrected chi connectivity index (χ4v) is 4.08. The zero-order chi connectivity index (χ0) is 17.5. The van der Waals surface area contributed by atoms with E-state index < -0.39 is 0 Å². The van der Waals surface area contributed by atoms with E-state index in [1.807, 2.05) is 36.4 Å². The fourth-order valence-electron chi connectivity index (χ4n) is 2.62. The number of hydrogen-bond acceptors (Lipinski definition) is 5. The lowest BCUT2D eigenvalue weighted by atomic mass is 10.2. The molecule has 25 heavy (non-hydrogen) atoms. The average molecular weight is 425 g/mol. The van der Waals surface area contributed by atoms with Crippen molar-refractivity contribution in [3.63, 3.8) is 0 Å². The van der Waals surface area contributed by atoms with E-state index in [0.717, 1.165) is 16.6 Å². The summed E-state index contributed by atoms with van der Waals surface area (Å²) in [6.45, 7) is 3.44. The molecule has 3 rings (SSSR count). The highest BCUT2D eigenvalue weighted by Gasteiger charge is 2.25. The minimum absolute atomic E-state index is 0.0169. The van der Waals surface area contributed by atoms with Gasteiger partial charge in [-0.05, 0) is 32.9 Å². The molecule has 1 aliphatic heterocycles. The third-order valence-electron chi connectivity index (χ3n) is 3.95. The van der Waals surface area contributed by atoms with E-state index in [1.54, 1.807) is 16.2 Å². The summed E-state index contributed by atoms with van der Waals surface area (Å²) in [7, 11) is 0. The van der Waals surface area contributed by atoms with E-state index in [0.29, 0.717) is 32.8 Å². The molecule has 2 heterocycles. The minimum atomic E-state index is -0.279. The van der Waals surface area contributed by atoms with Crippen molar-refractivity contribution >= 4 is 33.4 Å². The summed E-state index contributed by atoms with van der Waals surface area (Å²) in [5, 5.41) is 5.45. The molecule has 1 N–H and O–H groups in total. The second kappa shape index (κ2) is 9.33. The number of nitrogens with one attached hydrogen (secondary N) is 1. The summed E-state index contributed by atoms with van der Waals surface area (Å²) in [4.78, 5) is 15.2. The van der Waals surface area contributed by atoms with Crippen LogP contribution in [0, 0.1) is 0 Å². The lowest BCUT2D eigenvalue weighted by molar-refractivity contribution is -0.0271. The Morgan fingerprint density at radius 2 is 2.20 bits per heavy atom. The van der Waals surface area contributed by atoms with Gasteiger partial charge >= 0.3 is 6.09 Å². The van der Waals surface area contributed by atoms with Crippen LogP contribution in [0.3, 0.4) is 0 Å². The molecule has 1 saturated heterocycles. The standard InChI is InChI=1S/C18H21BrN2O3S/c19-16-6-9-25-17(16)11-20-10-15-12-21(7-8-23-15)18(22)24-13-14-4-2-1-3-5-14/h1-6,9,15,20H,7-8,10-13H2. The second-order valence-corrected chi connectivity index (χ2v) is 7.66. The van der Waals surface area contributed by atoms with E-state index in [-0.39, 0.29) is 12.2 Å². The molecule has 1 fully saturated rings. The second-order valence-electron chi connectivity index (χ2n) is 5.80. The number of rotatable bonds is 6. The zero-order valence-electron chi connectivity index (χ0n) is 13.8. The van der Waals surface area contributed by atoms with Gasteiger partial charge in [0.2, 0.25) is 0 Å². The molecule has 134 valence electrons. The van der Waals surface area contributed by atoms with Gasteiger partial charge in [0, 0.05) is 29.0 Å². The van der Waals surface area contributed by atoms with Gasteiger partial charge in [-0.3, -0.25) is 0 Å². The molecule has 1 aliphatic rings. The van der Waals surface area contributed by atoms with Crippen LogP contribution in [0.25, 0.3) is 0 Å². The van der Waals surface area contributed by atoms with Crippen molar-refractivity contribution in [3.05, 3.63) is 56.7 Å². The maximum absolute atomic E-state index is 12.2. The minimum Gasteiger partial charge on any atom is -0.445 e. The van der Waals surface area contributed by atoms with Crippen molar-refractivity contribution < 1.29 is 14.3 Å². The first-order chi connectivity index (χ1) is 12.2. The summed E-state index contributed by atoms with van der Waals surface area (Å²) in [5.41, 5.74) is 0.990. The molecule has 0 aliphatic carbocycles. The van der Waals surface area contributed by atoms with Gasteiger partial charge in [-0.25, -0.2) is 4.79 Å². The number of halogens is 1. The molecule has 0 bridgehead atoms. The Morgan fingerprint density at radius 3 is 2.96 bits per heavy atom. The van der Waals surface area contributed by atoms with Crippen LogP contribution in [0.1, 0.15) is 10.4 Å². The van der Waals surface area contributed by atoms with Gasteiger partial charge in [-0.15, -0.1) is 11.3 Å². The molecule has 1 unspecified atom stereocenters. The molecule has 7 heteroatoms. The molecule has 1 amide bonds. The largest absolute Gasteiger partial charge is 0.445 e. The number of carbonyl (C=O) groups is 1. The molecule has 1 aromatic carbocycles. The van der Waals surface area contributed by atoms with Gasteiger partial charge in [0.1, 0.15) is 6.61 Å². The fraction of sp³-hybridized carbons (Fsp3) is 0.389. The maximum Gasteiger partial charge on any atom is 0.410 e. The lowest BCUT2D eigenvalue weighted by Gasteiger charge is -2.32. The molecular formula is C18H21BrN2O3S. The van der Waals surface area contributed by atoms with E-state index >= 15 is 0 Å². The Hall–Kier alpha value is -1.41. The van der Waals surface area contributed by atoms with Crippen molar-refractivity contribution in [2.45, 2.75) is 19.3 Å². The molecule has 0 radical (unpaired) electrons. The molecule has 1 atom stereocenters. The third-order valence-corrected chi connectivity index (χ3v) is 5.88. The predicted molar refractivity (Wildman–Crippen MR) is 102 cm³/mol. The first-order valence-corrected chi connectivity index (χ1v) is 9.89. The van der Waals surface area contributed by atoms with Crippen molar-refractivity contribution in [1.82, 2.24) is 10.2 Å². The van der Waals surface area contributed by atoms with E-state index in [2.05, 4.69) is 26.6 Å². The third kappa shape index (κ3) is 5.54. The SMILES string of the molecule is O=C(OCc1ccccc1)N1CCOC(CNCc2sccc2Br)C1. The smallest absolute Gasteiger partial charge is 0.410 e. The first-order valence-electron chi connectivity index (χ1n) is 8.22. The molecule has 2 aromatic rings. The summed E-state index contributed by atoms with van der Waals surface area (Å²) in [6.07, 6.45) is -0.296. The quantitative estimate of drug-likeness (QED) is 0.768. The molecular weight excluding hydrogens is 404 g/mol. The van der Waals surface area contributed by atoms with Crippen LogP contribution in [0.15, 0.2) is 46.3 Å². The lowest BCUT2D eigenvalue weighted by Crippen LogP contribution is -2.49. The number of morpholine rings is 1. The maximum atomic E-state index is 12.2. The highest BCUT2D eigenvalue weighted by atomic mass is 79.9. The van der Waals surface area contributed by atoms with Crippen LogP contribution in [-0.2, 0) is 22.6 Å². The Morgan fingerprint density at radius 1 is 1.36 bits per heavy atom. The first kappa shape index (κ1) is 18.4. The van der Waals surface area contributed by atoms with Crippen LogP contribution in [-0.4, -0.2) is 43.3 Å². The summed E-state index contributed by atoms with van der Waals surface area (Å²) < 4.78 is 12.3. The van der Waals surface area contributed by atoms with E-state index in [4.69, 9.17) is 9.47 Å². The molecule has 5 nitrogen and oxygen atoms in total. The Balaban J connectivity index is 1.41. The van der Waals surface area contributed by atoms with Crippen LogP contribution in [0.4, 0.5) is 4.79 Å². The number of amides is 1. The van der Waals surface area contributed by atoms with Crippen LogP contribution >= 0.6 is 27.3 Å². The monoisotopic (exact) mass is 424 g/mol. The number of thiophene rings is 1. The van der Waals surface area contributed by atoms with Crippen LogP contribution in [0.2, 0.25) is 0 Å². The topological polar surface area (TPSA) is 50.8 Å². The highest BCUT2D eigenvalue weighted by molar-refractivity contribution is 9.10. The van der Waals surface area contributed by atoms with Crippen LogP contribution in [0.5, 0.6) is 0 Å².